The Bertz CT molecular complexity index is 1260. The van der Waals surface area contributed by atoms with Gasteiger partial charge in [0.2, 0.25) is 0 Å². The van der Waals surface area contributed by atoms with Crippen LogP contribution >= 0.6 is 0 Å². The van der Waals surface area contributed by atoms with Crippen LogP contribution in [0.5, 0.6) is 0 Å². The normalized spacial score (nSPS) is 19.1. The van der Waals surface area contributed by atoms with Gasteiger partial charge in [0.15, 0.2) is 0 Å². The standard InChI is InChI=1S/C27H32F3N5/c1-15-9-21-22(10-15)25-23(14-24(21)35-7-5-4-6-8-35)26(34-17(3)33-25)32-16(2)18-11-19(27(28,29)30)13-20(31)12-18/h11-16H,4-10,31H2,1-3H3,(H,32,33,34)/t15?,16-/m1/s1. The molecule has 2 aliphatic rings. The summed E-state index contributed by atoms with van der Waals surface area (Å²) in [6, 6.07) is 5.48. The fourth-order valence-corrected chi connectivity index (χ4v) is 5.59. The van der Waals surface area contributed by atoms with Gasteiger partial charge in [-0.25, -0.2) is 9.97 Å². The molecular formula is C27H32F3N5. The average molecular weight is 484 g/mol. The molecule has 1 saturated heterocycles. The molecule has 0 bridgehead atoms. The van der Waals surface area contributed by atoms with Gasteiger partial charge in [0.1, 0.15) is 11.6 Å². The number of alkyl halides is 3. The second-order valence-corrected chi connectivity index (χ2v) is 10.2. The lowest BCUT2D eigenvalue weighted by atomic mass is 10.00. The maximum absolute atomic E-state index is 13.4. The summed E-state index contributed by atoms with van der Waals surface area (Å²) in [6.07, 6.45) is 1.20. The highest BCUT2D eigenvalue weighted by Crippen LogP contribution is 2.42. The number of hydrogen-bond acceptors (Lipinski definition) is 5. The molecule has 2 heterocycles. The minimum Gasteiger partial charge on any atom is -0.399 e. The molecule has 1 fully saturated rings. The molecule has 0 amide bonds. The summed E-state index contributed by atoms with van der Waals surface area (Å²) in [5, 5.41) is 4.31. The Kier molecular flexibility index (Phi) is 6.01. The highest BCUT2D eigenvalue weighted by atomic mass is 19.4. The molecule has 8 heteroatoms. The first kappa shape index (κ1) is 23.7. The van der Waals surface area contributed by atoms with E-state index in [9.17, 15) is 13.2 Å². The van der Waals surface area contributed by atoms with Crippen LogP contribution in [0.25, 0.3) is 10.9 Å². The number of hydrogen-bond donors (Lipinski definition) is 2. The number of anilines is 3. The first-order valence-electron chi connectivity index (χ1n) is 12.4. The van der Waals surface area contributed by atoms with Crippen LogP contribution < -0.4 is 16.0 Å². The fourth-order valence-electron chi connectivity index (χ4n) is 5.59. The largest absolute Gasteiger partial charge is 0.416 e. The first-order valence-corrected chi connectivity index (χ1v) is 12.4. The zero-order valence-electron chi connectivity index (χ0n) is 20.5. The number of benzene rings is 2. The molecule has 0 spiro atoms. The Balaban J connectivity index is 1.59. The van der Waals surface area contributed by atoms with Gasteiger partial charge in [0.05, 0.1) is 17.1 Å². The van der Waals surface area contributed by atoms with E-state index in [4.69, 9.17) is 15.7 Å². The minimum absolute atomic E-state index is 0.0893. The van der Waals surface area contributed by atoms with Gasteiger partial charge >= 0.3 is 6.18 Å². The highest BCUT2D eigenvalue weighted by molar-refractivity contribution is 5.96. The molecule has 5 nitrogen and oxygen atoms in total. The van der Waals surface area contributed by atoms with Gasteiger partial charge in [-0.15, -0.1) is 0 Å². The van der Waals surface area contributed by atoms with E-state index in [1.807, 2.05) is 13.8 Å². The van der Waals surface area contributed by atoms with E-state index >= 15 is 0 Å². The third kappa shape index (κ3) is 4.62. The number of nitrogens with one attached hydrogen (secondary N) is 1. The lowest BCUT2D eigenvalue weighted by molar-refractivity contribution is -0.137. The molecule has 35 heavy (non-hydrogen) atoms. The second-order valence-electron chi connectivity index (χ2n) is 10.2. The summed E-state index contributed by atoms with van der Waals surface area (Å²) >= 11 is 0. The molecule has 1 aliphatic carbocycles. The predicted molar refractivity (Wildman–Crippen MR) is 135 cm³/mol. The maximum atomic E-state index is 13.4. The van der Waals surface area contributed by atoms with Gasteiger partial charge < -0.3 is 16.0 Å². The molecule has 0 radical (unpaired) electrons. The Morgan fingerprint density at radius 2 is 1.74 bits per heavy atom. The van der Waals surface area contributed by atoms with Gasteiger partial charge in [0, 0.05) is 29.9 Å². The second kappa shape index (κ2) is 8.88. The molecule has 2 atom stereocenters. The Hall–Kier alpha value is -3.03. The zero-order valence-corrected chi connectivity index (χ0v) is 20.5. The van der Waals surface area contributed by atoms with Gasteiger partial charge in [0.25, 0.3) is 0 Å². The molecule has 1 unspecified atom stereocenters. The van der Waals surface area contributed by atoms with Gasteiger partial charge in [-0.05, 0) is 92.8 Å². The number of fused-ring (bicyclic) bond motifs is 3. The molecule has 2 aromatic carbocycles. The van der Waals surface area contributed by atoms with Crippen LogP contribution in [0.2, 0.25) is 0 Å². The van der Waals surface area contributed by atoms with Crippen molar-refractivity contribution in [2.24, 2.45) is 5.92 Å². The summed E-state index contributed by atoms with van der Waals surface area (Å²) in [6.45, 7) is 8.06. The maximum Gasteiger partial charge on any atom is 0.416 e. The summed E-state index contributed by atoms with van der Waals surface area (Å²) in [4.78, 5) is 12.0. The van der Waals surface area contributed by atoms with Crippen LogP contribution in [-0.2, 0) is 19.0 Å². The van der Waals surface area contributed by atoms with E-state index in [1.54, 1.807) is 6.07 Å². The number of nitrogens with zero attached hydrogens (tertiary/aromatic N) is 3. The number of halogens is 3. The molecule has 0 saturated carbocycles. The molecule has 3 aromatic rings. The summed E-state index contributed by atoms with van der Waals surface area (Å²) < 4.78 is 40.1. The lowest BCUT2D eigenvalue weighted by Gasteiger charge is -2.31. The van der Waals surface area contributed by atoms with Crippen molar-refractivity contribution >= 4 is 28.1 Å². The van der Waals surface area contributed by atoms with Gasteiger partial charge in [-0.3, -0.25) is 0 Å². The van der Waals surface area contributed by atoms with Crippen LogP contribution in [0.15, 0.2) is 24.3 Å². The Morgan fingerprint density at radius 3 is 2.46 bits per heavy atom. The number of nitrogen functional groups attached to an aromatic ring is 1. The van der Waals surface area contributed by atoms with Crippen molar-refractivity contribution < 1.29 is 13.2 Å². The van der Waals surface area contributed by atoms with E-state index in [2.05, 4.69) is 23.2 Å². The summed E-state index contributed by atoms with van der Waals surface area (Å²) in [5.74, 6) is 1.85. The number of nitrogens with two attached hydrogens (primary N) is 1. The van der Waals surface area contributed by atoms with Crippen LogP contribution in [0.3, 0.4) is 0 Å². The van der Waals surface area contributed by atoms with Crippen molar-refractivity contribution in [2.45, 2.75) is 65.1 Å². The number of piperidine rings is 1. The van der Waals surface area contributed by atoms with E-state index in [0.29, 0.717) is 23.1 Å². The van der Waals surface area contributed by atoms with Crippen molar-refractivity contribution in [1.29, 1.82) is 0 Å². The summed E-state index contributed by atoms with van der Waals surface area (Å²) in [5.41, 5.74) is 10.5. The molecule has 5 rings (SSSR count). The lowest BCUT2D eigenvalue weighted by Crippen LogP contribution is -2.30. The Labute approximate surface area is 203 Å². The number of aryl methyl sites for hydroxylation is 1. The number of rotatable bonds is 4. The quantitative estimate of drug-likeness (QED) is 0.418. The SMILES string of the molecule is Cc1nc(N[C@H](C)c2cc(N)cc(C(F)(F)F)c2)c2cc(N3CCCCC3)c3c(c2n1)CC(C)C3. The van der Waals surface area contributed by atoms with Crippen molar-refractivity contribution in [3.63, 3.8) is 0 Å². The van der Waals surface area contributed by atoms with Crippen LogP contribution in [-0.4, -0.2) is 23.1 Å². The third-order valence-corrected chi connectivity index (χ3v) is 7.26. The van der Waals surface area contributed by atoms with E-state index in [-0.39, 0.29) is 5.69 Å². The van der Waals surface area contributed by atoms with Crippen molar-refractivity contribution in [3.8, 4) is 0 Å². The average Bonchev–Trinajstić information content (AvgIpc) is 3.20. The molecule has 1 aliphatic heterocycles. The third-order valence-electron chi connectivity index (χ3n) is 7.26. The van der Waals surface area contributed by atoms with Crippen LogP contribution in [0.4, 0.5) is 30.4 Å². The van der Waals surface area contributed by atoms with Gasteiger partial charge in [-0.2, -0.15) is 13.2 Å². The van der Waals surface area contributed by atoms with Crippen molar-refractivity contribution in [3.05, 3.63) is 52.3 Å². The van der Waals surface area contributed by atoms with Crippen molar-refractivity contribution in [2.75, 3.05) is 29.0 Å². The Morgan fingerprint density at radius 1 is 1.03 bits per heavy atom. The minimum atomic E-state index is -4.46. The van der Waals surface area contributed by atoms with E-state index in [1.165, 1.54) is 36.1 Å². The highest BCUT2D eigenvalue weighted by Gasteiger charge is 2.32. The molecule has 3 N–H and O–H groups in total. The smallest absolute Gasteiger partial charge is 0.399 e. The summed E-state index contributed by atoms with van der Waals surface area (Å²) in [7, 11) is 0. The van der Waals surface area contributed by atoms with Crippen molar-refractivity contribution in [1.82, 2.24) is 9.97 Å². The first-order chi connectivity index (χ1) is 16.6. The number of aromatic nitrogens is 2. The van der Waals surface area contributed by atoms with Crippen LogP contribution in [0, 0.1) is 12.8 Å². The van der Waals surface area contributed by atoms with E-state index in [0.717, 1.165) is 49.0 Å². The molecular weight excluding hydrogens is 451 g/mol. The monoisotopic (exact) mass is 483 g/mol. The zero-order chi connectivity index (χ0) is 24.9. The fraction of sp³-hybridized carbons (Fsp3) is 0.481. The van der Waals surface area contributed by atoms with Gasteiger partial charge in [-0.1, -0.05) is 6.92 Å². The van der Waals surface area contributed by atoms with E-state index < -0.39 is 17.8 Å². The van der Waals surface area contributed by atoms with Crippen LogP contribution in [0.1, 0.15) is 67.2 Å². The molecule has 186 valence electrons. The molecule has 1 aromatic heterocycles. The topological polar surface area (TPSA) is 67.1 Å². The predicted octanol–water partition coefficient (Wildman–Crippen LogP) is 6.44.